The summed E-state index contributed by atoms with van der Waals surface area (Å²) in [7, 11) is 0. The van der Waals surface area contributed by atoms with Crippen molar-refractivity contribution in [2.45, 2.75) is 6.92 Å². The summed E-state index contributed by atoms with van der Waals surface area (Å²) in [6, 6.07) is 3.57. The molecule has 0 spiro atoms. The third-order valence-electron chi connectivity index (χ3n) is 2.69. The number of aryl methyl sites for hydroxylation is 1. The molecule has 0 saturated carbocycles. The molecule has 1 aromatic heterocycles. The van der Waals surface area contributed by atoms with Crippen LogP contribution in [0.2, 0.25) is 0 Å². The van der Waals surface area contributed by atoms with Gasteiger partial charge in [-0.1, -0.05) is 12.2 Å². The molecule has 0 saturated heterocycles. The molecule has 0 aliphatic heterocycles. The second-order valence-electron chi connectivity index (χ2n) is 4.06. The Balaban J connectivity index is 2.48. The number of nitrogens with one attached hydrogen (secondary N) is 1. The van der Waals surface area contributed by atoms with Crippen LogP contribution in [0.25, 0.3) is 0 Å². The number of hydrogen-bond acceptors (Lipinski definition) is 3. The van der Waals surface area contributed by atoms with Crippen LogP contribution in [0.5, 0.6) is 0 Å². The summed E-state index contributed by atoms with van der Waals surface area (Å²) in [5, 5.41) is 2.57. The van der Waals surface area contributed by atoms with E-state index in [2.05, 4.69) is 10.3 Å². The molecule has 0 radical (unpaired) electrons. The number of rotatable bonds is 3. The highest BCUT2D eigenvalue weighted by atomic mass is 32.1. The number of benzene rings is 1. The number of halogens is 3. The van der Waals surface area contributed by atoms with Crippen LogP contribution in [0.15, 0.2) is 24.4 Å². The number of anilines is 2. The minimum Gasteiger partial charge on any atom is -0.389 e. The minimum absolute atomic E-state index is 0.0705. The van der Waals surface area contributed by atoms with Crippen molar-refractivity contribution in [1.82, 2.24) is 4.98 Å². The zero-order chi connectivity index (χ0) is 14.9. The van der Waals surface area contributed by atoms with Gasteiger partial charge < -0.3 is 11.1 Å². The van der Waals surface area contributed by atoms with E-state index in [0.29, 0.717) is 5.56 Å². The molecule has 0 unspecified atom stereocenters. The summed E-state index contributed by atoms with van der Waals surface area (Å²) in [5.74, 6) is -3.97. The Hall–Kier alpha value is -2.15. The first kappa shape index (κ1) is 14.3. The SMILES string of the molecule is Cc1ccnc(Nc2ccc(F)c(F)c2F)c1C(N)=S. The molecule has 0 atom stereocenters. The Morgan fingerprint density at radius 2 is 1.90 bits per heavy atom. The van der Waals surface area contributed by atoms with E-state index >= 15 is 0 Å². The Bertz CT molecular complexity index is 689. The fraction of sp³-hybridized carbons (Fsp3) is 0.0769. The van der Waals surface area contributed by atoms with Crippen LogP contribution in [-0.2, 0) is 0 Å². The number of hydrogen-bond donors (Lipinski definition) is 2. The van der Waals surface area contributed by atoms with Gasteiger partial charge in [-0.2, -0.15) is 0 Å². The number of nitrogens with two attached hydrogens (primary N) is 1. The van der Waals surface area contributed by atoms with Gasteiger partial charge >= 0.3 is 0 Å². The summed E-state index contributed by atoms with van der Waals surface area (Å²) >= 11 is 4.90. The summed E-state index contributed by atoms with van der Waals surface area (Å²) in [4.78, 5) is 4.06. The van der Waals surface area contributed by atoms with Gasteiger partial charge in [-0.05, 0) is 30.7 Å². The van der Waals surface area contributed by atoms with Gasteiger partial charge in [0.15, 0.2) is 17.5 Å². The van der Waals surface area contributed by atoms with Crippen LogP contribution in [-0.4, -0.2) is 9.97 Å². The van der Waals surface area contributed by atoms with Crippen LogP contribution < -0.4 is 11.1 Å². The Kier molecular flexibility index (Phi) is 3.89. The lowest BCUT2D eigenvalue weighted by Crippen LogP contribution is -2.15. The molecule has 2 rings (SSSR count). The van der Waals surface area contributed by atoms with Crippen molar-refractivity contribution in [2.24, 2.45) is 5.73 Å². The monoisotopic (exact) mass is 297 g/mol. The lowest BCUT2D eigenvalue weighted by atomic mass is 10.1. The molecule has 3 N–H and O–H groups in total. The summed E-state index contributed by atoms with van der Waals surface area (Å²) in [6.07, 6.45) is 1.47. The van der Waals surface area contributed by atoms with Gasteiger partial charge in [0.25, 0.3) is 0 Å². The van der Waals surface area contributed by atoms with Crippen molar-refractivity contribution < 1.29 is 13.2 Å². The Morgan fingerprint density at radius 3 is 2.55 bits per heavy atom. The maximum atomic E-state index is 13.6. The molecule has 1 aromatic carbocycles. The smallest absolute Gasteiger partial charge is 0.196 e. The van der Waals surface area contributed by atoms with E-state index < -0.39 is 17.5 Å². The standard InChI is InChI=1S/C13H10F3N3S/c1-6-4-5-18-13(9(6)12(17)20)19-8-3-2-7(14)10(15)11(8)16/h2-5H,1H3,(H2,17,20)(H,18,19). The van der Waals surface area contributed by atoms with Gasteiger partial charge in [-0.25, -0.2) is 18.2 Å². The molecular formula is C13H10F3N3S. The van der Waals surface area contributed by atoms with Crippen LogP contribution in [0, 0.1) is 24.4 Å². The normalized spacial score (nSPS) is 10.4. The topological polar surface area (TPSA) is 50.9 Å². The van der Waals surface area contributed by atoms with Crippen LogP contribution in [0.3, 0.4) is 0 Å². The molecule has 7 heteroatoms. The summed E-state index contributed by atoms with van der Waals surface area (Å²) < 4.78 is 39.7. The van der Waals surface area contributed by atoms with Crippen molar-refractivity contribution in [3.8, 4) is 0 Å². The van der Waals surface area contributed by atoms with Crippen LogP contribution >= 0.6 is 12.2 Å². The average Bonchev–Trinajstić information content (AvgIpc) is 2.39. The van der Waals surface area contributed by atoms with Gasteiger partial charge in [0, 0.05) is 6.20 Å². The zero-order valence-electron chi connectivity index (χ0n) is 10.4. The lowest BCUT2D eigenvalue weighted by Gasteiger charge is -2.13. The van der Waals surface area contributed by atoms with E-state index in [1.807, 2.05) is 0 Å². The Morgan fingerprint density at radius 1 is 1.20 bits per heavy atom. The molecule has 0 fully saturated rings. The quantitative estimate of drug-likeness (QED) is 0.675. The predicted molar refractivity (Wildman–Crippen MR) is 74.5 cm³/mol. The molecule has 0 amide bonds. The largest absolute Gasteiger partial charge is 0.389 e. The predicted octanol–water partition coefficient (Wildman–Crippen LogP) is 3.19. The van der Waals surface area contributed by atoms with Crippen molar-refractivity contribution in [1.29, 1.82) is 0 Å². The van der Waals surface area contributed by atoms with E-state index in [1.54, 1.807) is 13.0 Å². The first-order chi connectivity index (χ1) is 9.41. The Labute approximate surface area is 118 Å². The lowest BCUT2D eigenvalue weighted by molar-refractivity contribution is 0.449. The molecule has 20 heavy (non-hydrogen) atoms. The number of thiocarbonyl (C=S) groups is 1. The van der Waals surface area contributed by atoms with Crippen LogP contribution in [0.4, 0.5) is 24.7 Å². The highest BCUT2D eigenvalue weighted by Gasteiger charge is 2.16. The van der Waals surface area contributed by atoms with E-state index in [0.717, 1.165) is 17.7 Å². The van der Waals surface area contributed by atoms with Crippen LogP contribution in [0.1, 0.15) is 11.1 Å². The molecule has 0 bridgehead atoms. The highest BCUT2D eigenvalue weighted by molar-refractivity contribution is 7.80. The van der Waals surface area contributed by atoms with E-state index in [1.165, 1.54) is 6.20 Å². The van der Waals surface area contributed by atoms with E-state index in [4.69, 9.17) is 18.0 Å². The summed E-state index contributed by atoms with van der Waals surface area (Å²) in [5.41, 5.74) is 6.49. The first-order valence-corrected chi connectivity index (χ1v) is 5.98. The fourth-order valence-corrected chi connectivity index (χ4v) is 1.97. The van der Waals surface area contributed by atoms with Gasteiger partial charge in [0.05, 0.1) is 11.3 Å². The highest BCUT2D eigenvalue weighted by Crippen LogP contribution is 2.25. The van der Waals surface area contributed by atoms with Crippen molar-refractivity contribution in [3.63, 3.8) is 0 Å². The second kappa shape index (κ2) is 5.46. The molecule has 0 aliphatic rings. The van der Waals surface area contributed by atoms with E-state index in [9.17, 15) is 13.2 Å². The van der Waals surface area contributed by atoms with Gasteiger partial charge in [0.2, 0.25) is 0 Å². The van der Waals surface area contributed by atoms with Crippen molar-refractivity contribution in [2.75, 3.05) is 5.32 Å². The molecule has 3 nitrogen and oxygen atoms in total. The molecular weight excluding hydrogens is 287 g/mol. The van der Waals surface area contributed by atoms with E-state index in [-0.39, 0.29) is 16.5 Å². The maximum absolute atomic E-state index is 13.6. The van der Waals surface area contributed by atoms with Crippen molar-refractivity contribution >= 4 is 28.7 Å². The fourth-order valence-electron chi connectivity index (χ4n) is 1.71. The number of aromatic nitrogens is 1. The average molecular weight is 297 g/mol. The third-order valence-corrected chi connectivity index (χ3v) is 2.90. The zero-order valence-corrected chi connectivity index (χ0v) is 11.2. The number of pyridine rings is 1. The van der Waals surface area contributed by atoms with Gasteiger partial charge in [0.1, 0.15) is 10.8 Å². The minimum atomic E-state index is -1.56. The molecule has 0 aliphatic carbocycles. The maximum Gasteiger partial charge on any atom is 0.196 e. The molecule has 2 aromatic rings. The third kappa shape index (κ3) is 2.57. The first-order valence-electron chi connectivity index (χ1n) is 5.57. The van der Waals surface area contributed by atoms with Gasteiger partial charge in [-0.15, -0.1) is 0 Å². The molecule has 104 valence electrons. The molecule has 1 heterocycles. The van der Waals surface area contributed by atoms with Crippen molar-refractivity contribution in [3.05, 3.63) is 53.0 Å². The summed E-state index contributed by atoms with van der Waals surface area (Å²) in [6.45, 7) is 1.75. The second-order valence-corrected chi connectivity index (χ2v) is 4.50. The number of nitrogens with zero attached hydrogens (tertiary/aromatic N) is 1. The van der Waals surface area contributed by atoms with Gasteiger partial charge in [-0.3, -0.25) is 0 Å².